The Bertz CT molecular complexity index is 1360. The van der Waals surface area contributed by atoms with Crippen molar-refractivity contribution < 1.29 is 18.0 Å². The molecule has 3 aromatic carbocycles. The number of sulfonamides is 1. The van der Waals surface area contributed by atoms with Crippen molar-refractivity contribution in [1.82, 2.24) is 10.2 Å². The summed E-state index contributed by atoms with van der Waals surface area (Å²) in [5.74, 6) is -0.683. The maximum Gasteiger partial charge on any atom is 0.264 e. The largest absolute Gasteiger partial charge is 0.352 e. The first-order valence-corrected chi connectivity index (χ1v) is 15.6. The maximum atomic E-state index is 14.1. The number of nitrogens with zero attached hydrogens (tertiary/aromatic N) is 2. The number of anilines is 1. The van der Waals surface area contributed by atoms with E-state index in [9.17, 15) is 18.0 Å². The Hall–Kier alpha value is -3.36. The average Bonchev–Trinajstić information content (AvgIpc) is 2.98. The van der Waals surface area contributed by atoms with Crippen LogP contribution in [0.1, 0.15) is 51.0 Å². The van der Waals surface area contributed by atoms with Crippen LogP contribution in [0.5, 0.6) is 0 Å². The molecule has 1 aliphatic rings. The topological polar surface area (TPSA) is 86.8 Å². The van der Waals surface area contributed by atoms with Crippen molar-refractivity contribution in [3.8, 4) is 0 Å². The zero-order valence-electron chi connectivity index (χ0n) is 22.7. The summed E-state index contributed by atoms with van der Waals surface area (Å²) in [6.45, 7) is 1.55. The summed E-state index contributed by atoms with van der Waals surface area (Å²) in [5, 5.41) is 3.72. The summed E-state index contributed by atoms with van der Waals surface area (Å²) in [5.41, 5.74) is 1.16. The van der Waals surface area contributed by atoms with Gasteiger partial charge in [-0.2, -0.15) is 0 Å². The van der Waals surface area contributed by atoms with Crippen LogP contribution in [-0.2, 0) is 26.2 Å². The molecule has 0 radical (unpaired) electrons. The number of amides is 2. The number of benzene rings is 3. The van der Waals surface area contributed by atoms with Crippen molar-refractivity contribution in [3.63, 3.8) is 0 Å². The van der Waals surface area contributed by atoms with E-state index >= 15 is 0 Å². The predicted molar refractivity (Wildman–Crippen MR) is 159 cm³/mol. The highest BCUT2D eigenvalue weighted by molar-refractivity contribution is 7.92. The van der Waals surface area contributed by atoms with Gasteiger partial charge in [0, 0.05) is 17.6 Å². The molecule has 3 aromatic rings. The Balaban J connectivity index is 1.67. The van der Waals surface area contributed by atoms with Gasteiger partial charge in [-0.25, -0.2) is 8.42 Å². The third-order valence-corrected chi connectivity index (χ3v) is 9.30. The third-order valence-electron chi connectivity index (χ3n) is 7.26. The number of carbonyl (C=O) groups is 2. The molecule has 1 aliphatic carbocycles. The van der Waals surface area contributed by atoms with E-state index in [-0.39, 0.29) is 23.4 Å². The fourth-order valence-corrected chi connectivity index (χ4v) is 6.65. The van der Waals surface area contributed by atoms with Crippen molar-refractivity contribution in [3.05, 3.63) is 95.5 Å². The molecule has 0 spiro atoms. The fraction of sp³-hybridized carbons (Fsp3) is 0.355. The van der Waals surface area contributed by atoms with Crippen molar-refractivity contribution >= 4 is 39.1 Å². The Kier molecular flexibility index (Phi) is 10.2. The lowest BCUT2D eigenvalue weighted by Crippen LogP contribution is -2.54. The van der Waals surface area contributed by atoms with Crippen LogP contribution < -0.4 is 9.62 Å². The molecular formula is C31H36ClN3O4S. The van der Waals surface area contributed by atoms with Crippen molar-refractivity contribution in [1.29, 1.82) is 0 Å². The van der Waals surface area contributed by atoms with Crippen LogP contribution in [0.4, 0.5) is 5.69 Å². The maximum absolute atomic E-state index is 14.1. The molecule has 40 heavy (non-hydrogen) atoms. The van der Waals surface area contributed by atoms with E-state index in [2.05, 4.69) is 5.32 Å². The van der Waals surface area contributed by atoms with Crippen molar-refractivity contribution in [2.24, 2.45) is 0 Å². The van der Waals surface area contributed by atoms with Gasteiger partial charge in [0.1, 0.15) is 12.6 Å². The summed E-state index contributed by atoms with van der Waals surface area (Å²) in [7, 11) is -4.07. The molecule has 0 bridgehead atoms. The Labute approximate surface area is 242 Å². The van der Waals surface area contributed by atoms with E-state index < -0.39 is 28.5 Å². The smallest absolute Gasteiger partial charge is 0.264 e. The third kappa shape index (κ3) is 7.43. The van der Waals surface area contributed by atoms with Gasteiger partial charge in [-0.05, 0) is 61.2 Å². The molecule has 0 aromatic heterocycles. The van der Waals surface area contributed by atoms with Crippen LogP contribution >= 0.6 is 11.6 Å². The average molecular weight is 582 g/mol. The van der Waals surface area contributed by atoms with Gasteiger partial charge in [-0.3, -0.25) is 13.9 Å². The van der Waals surface area contributed by atoms with E-state index in [4.69, 9.17) is 11.6 Å². The van der Waals surface area contributed by atoms with Gasteiger partial charge in [0.25, 0.3) is 10.0 Å². The minimum atomic E-state index is -4.07. The second-order valence-corrected chi connectivity index (χ2v) is 12.4. The van der Waals surface area contributed by atoms with E-state index in [1.165, 1.54) is 17.0 Å². The van der Waals surface area contributed by atoms with Crippen LogP contribution in [0.15, 0.2) is 89.8 Å². The van der Waals surface area contributed by atoms with Crippen LogP contribution in [0.25, 0.3) is 0 Å². The molecule has 0 heterocycles. The van der Waals surface area contributed by atoms with E-state index in [0.717, 1.165) is 42.0 Å². The first kappa shape index (κ1) is 29.6. The van der Waals surface area contributed by atoms with E-state index in [1.807, 2.05) is 19.1 Å². The normalized spacial score (nSPS) is 14.8. The predicted octanol–water partition coefficient (Wildman–Crippen LogP) is 5.79. The fourth-order valence-electron chi connectivity index (χ4n) is 5.09. The SMILES string of the molecule is CC[C@H](C(=O)NC1CCCCC1)N(Cc1ccc(Cl)cc1)C(=O)CN(c1ccccc1)S(=O)(=O)c1ccccc1. The number of halogens is 1. The Morgan fingerprint density at radius 1 is 0.900 bits per heavy atom. The summed E-state index contributed by atoms with van der Waals surface area (Å²) in [6, 6.07) is 23.0. The molecular weight excluding hydrogens is 546 g/mol. The molecule has 212 valence electrons. The highest BCUT2D eigenvalue weighted by Gasteiger charge is 2.34. The van der Waals surface area contributed by atoms with E-state index in [1.54, 1.807) is 60.7 Å². The lowest BCUT2D eigenvalue weighted by molar-refractivity contribution is -0.140. The molecule has 1 fully saturated rings. The van der Waals surface area contributed by atoms with Crippen LogP contribution in [-0.4, -0.2) is 43.8 Å². The second-order valence-electron chi connectivity index (χ2n) is 10.1. The molecule has 4 rings (SSSR count). The van der Waals surface area contributed by atoms with Crippen LogP contribution in [0, 0.1) is 0 Å². The first-order valence-electron chi connectivity index (χ1n) is 13.8. The molecule has 1 atom stereocenters. The molecule has 7 nitrogen and oxygen atoms in total. The van der Waals surface area contributed by atoms with Crippen LogP contribution in [0.3, 0.4) is 0 Å². The van der Waals surface area contributed by atoms with Gasteiger partial charge in [-0.1, -0.05) is 86.3 Å². The number of hydrogen-bond acceptors (Lipinski definition) is 4. The summed E-state index contributed by atoms with van der Waals surface area (Å²) in [4.78, 5) is 29.2. The number of carbonyl (C=O) groups excluding carboxylic acids is 2. The molecule has 2 amide bonds. The summed E-state index contributed by atoms with van der Waals surface area (Å²) < 4.78 is 28.7. The monoisotopic (exact) mass is 581 g/mol. The van der Waals surface area contributed by atoms with E-state index in [0.29, 0.717) is 17.1 Å². The van der Waals surface area contributed by atoms with Crippen LogP contribution in [0.2, 0.25) is 5.02 Å². The molecule has 0 unspecified atom stereocenters. The highest BCUT2D eigenvalue weighted by Crippen LogP contribution is 2.25. The molecule has 1 N–H and O–H groups in total. The van der Waals surface area contributed by atoms with Crippen molar-refractivity contribution in [2.75, 3.05) is 10.8 Å². The van der Waals surface area contributed by atoms with Gasteiger partial charge in [0.2, 0.25) is 11.8 Å². The summed E-state index contributed by atoms with van der Waals surface area (Å²) in [6.07, 6.45) is 5.52. The second kappa shape index (κ2) is 13.8. The first-order chi connectivity index (χ1) is 19.3. The zero-order valence-corrected chi connectivity index (χ0v) is 24.3. The minimum Gasteiger partial charge on any atom is -0.352 e. The summed E-state index contributed by atoms with van der Waals surface area (Å²) >= 11 is 6.09. The molecule has 0 saturated heterocycles. The number of rotatable bonds is 11. The quantitative estimate of drug-likeness (QED) is 0.310. The Morgan fingerprint density at radius 3 is 2.10 bits per heavy atom. The number of hydrogen-bond donors (Lipinski definition) is 1. The molecule has 1 saturated carbocycles. The number of para-hydroxylation sites is 1. The van der Waals surface area contributed by atoms with Crippen molar-refractivity contribution in [2.45, 2.75) is 69.0 Å². The lowest BCUT2D eigenvalue weighted by Gasteiger charge is -2.34. The number of nitrogens with one attached hydrogen (secondary N) is 1. The molecule has 0 aliphatic heterocycles. The molecule has 9 heteroatoms. The zero-order chi connectivity index (χ0) is 28.5. The van der Waals surface area contributed by atoms with Gasteiger partial charge >= 0.3 is 0 Å². The highest BCUT2D eigenvalue weighted by atomic mass is 35.5. The van der Waals surface area contributed by atoms with Gasteiger partial charge in [0.05, 0.1) is 10.6 Å². The Morgan fingerprint density at radius 2 is 1.50 bits per heavy atom. The van der Waals surface area contributed by atoms with Gasteiger partial charge in [-0.15, -0.1) is 0 Å². The van der Waals surface area contributed by atoms with Gasteiger partial charge in [0.15, 0.2) is 0 Å². The standard InChI is InChI=1S/C31H36ClN3O4S/c1-2-29(31(37)33-26-12-6-3-7-13-26)34(22-24-18-20-25(32)21-19-24)30(36)23-35(27-14-8-4-9-15-27)40(38,39)28-16-10-5-11-17-28/h4-5,8-11,14-21,26,29H,2-3,6-7,12-13,22-23H2,1H3,(H,33,37)/t29-/m1/s1. The minimum absolute atomic E-state index is 0.0815. The lowest BCUT2D eigenvalue weighted by atomic mass is 9.95. The van der Waals surface area contributed by atoms with Gasteiger partial charge < -0.3 is 10.2 Å².